The van der Waals surface area contributed by atoms with Gasteiger partial charge in [-0.25, -0.2) is 15.0 Å². The van der Waals surface area contributed by atoms with E-state index in [0.29, 0.717) is 11.6 Å². The van der Waals surface area contributed by atoms with E-state index < -0.39 is 18.1 Å². The van der Waals surface area contributed by atoms with Crippen LogP contribution in [-0.2, 0) is 5.41 Å². The average Bonchev–Trinajstić information content (AvgIpc) is 3.95. The largest absolute Gasteiger partial charge is 0.309 e. The lowest BCUT2D eigenvalue weighted by Gasteiger charge is -2.21. The van der Waals surface area contributed by atoms with Gasteiger partial charge in [-0.3, -0.25) is 0 Å². The molecule has 59 heavy (non-hydrogen) atoms. The van der Waals surface area contributed by atoms with Crippen molar-refractivity contribution in [2.75, 3.05) is 0 Å². The molecule has 278 valence electrons. The van der Waals surface area contributed by atoms with Crippen LogP contribution < -0.4 is 0 Å². The maximum atomic E-state index is 9.05. The van der Waals surface area contributed by atoms with Gasteiger partial charge in [-0.05, 0) is 75.8 Å². The number of hydrogen-bond acceptors (Lipinski definition) is 4. The van der Waals surface area contributed by atoms with Crippen LogP contribution in [0.2, 0.25) is 0 Å². The molecule has 11 aromatic rings. The summed E-state index contributed by atoms with van der Waals surface area (Å²) in [5, 5.41) is 4.38. The maximum absolute atomic E-state index is 9.05. The molecule has 3 aromatic heterocycles. The molecule has 1 aliphatic rings. The van der Waals surface area contributed by atoms with E-state index in [1.54, 1.807) is 11.3 Å². The molecule has 0 aliphatic heterocycles. The van der Waals surface area contributed by atoms with Gasteiger partial charge in [0, 0.05) is 58.7 Å². The molecule has 3 heterocycles. The summed E-state index contributed by atoms with van der Waals surface area (Å²) in [6.45, 7) is 4.47. The smallest absolute Gasteiger partial charge is 0.165 e. The van der Waals surface area contributed by atoms with Crippen LogP contribution in [0.15, 0.2) is 182 Å². The third-order valence-corrected chi connectivity index (χ3v) is 13.2. The fourth-order valence-corrected chi connectivity index (χ4v) is 10.3. The van der Waals surface area contributed by atoms with Crippen LogP contribution in [0.3, 0.4) is 0 Å². The third kappa shape index (κ3) is 5.25. The van der Waals surface area contributed by atoms with E-state index in [9.17, 15) is 0 Å². The van der Waals surface area contributed by atoms with E-state index in [0.717, 1.165) is 81.0 Å². The predicted molar refractivity (Wildman–Crippen MR) is 246 cm³/mol. The van der Waals surface area contributed by atoms with Gasteiger partial charge in [-0.1, -0.05) is 153 Å². The molecule has 5 heteroatoms. The predicted octanol–water partition coefficient (Wildman–Crippen LogP) is 14.3. The standard InChI is InChI=1S/C54H36N4S/c1-54(2)45-22-12-9-19-38(45)41-30-36(25-27-46(41)54)52-55-51(34-17-7-4-8-18-34)56-53(57-52)44-32-37(58-47-23-13-10-20-39(47)40-21-11-14-24-48(40)58)31-43-42-29-35(33-15-5-3-6-16-33)26-28-49(42)59-50(43)44/h3-32H,1-2H3/i4D,7D,8D,17D,18D. The van der Waals surface area contributed by atoms with Crippen molar-refractivity contribution in [3.8, 4) is 62.1 Å². The molecule has 0 N–H and O–H groups in total. The monoisotopic (exact) mass is 777 g/mol. The number of fused-ring (bicyclic) bond motifs is 9. The van der Waals surface area contributed by atoms with Crippen molar-refractivity contribution in [2.24, 2.45) is 0 Å². The summed E-state index contributed by atoms with van der Waals surface area (Å²) in [4.78, 5) is 15.4. The molecule has 8 aromatic carbocycles. The van der Waals surface area contributed by atoms with Crippen molar-refractivity contribution in [1.82, 2.24) is 19.5 Å². The number of nitrogens with zero attached hydrogens (tertiary/aromatic N) is 4. The van der Waals surface area contributed by atoms with Crippen molar-refractivity contribution in [2.45, 2.75) is 19.3 Å². The number of hydrogen-bond donors (Lipinski definition) is 0. The van der Waals surface area contributed by atoms with E-state index in [1.165, 1.54) is 11.1 Å². The SMILES string of the molecule is [2H]c1c([2H])c([2H])c(-c2nc(-c3ccc4c(c3)-c3ccccc3C4(C)C)nc(-c3cc(-n4c5ccccc5c5ccccc54)cc4c3sc3ccc(-c5ccccc5)cc34)n2)c([2H])c1[2H]. The van der Waals surface area contributed by atoms with Crippen molar-refractivity contribution in [3.05, 3.63) is 193 Å². The fourth-order valence-electron chi connectivity index (χ4n) is 9.13. The molecule has 0 fully saturated rings. The summed E-state index contributed by atoms with van der Waals surface area (Å²) >= 11 is 1.66. The Bertz CT molecular complexity index is 3700. The van der Waals surface area contributed by atoms with Gasteiger partial charge in [0.2, 0.25) is 0 Å². The van der Waals surface area contributed by atoms with Crippen LogP contribution in [-0.4, -0.2) is 19.5 Å². The molecule has 0 unspecified atom stereocenters. The van der Waals surface area contributed by atoms with Crippen LogP contribution in [0.4, 0.5) is 0 Å². The number of para-hydroxylation sites is 2. The minimum Gasteiger partial charge on any atom is -0.309 e. The van der Waals surface area contributed by atoms with E-state index in [2.05, 4.69) is 158 Å². The van der Waals surface area contributed by atoms with Crippen molar-refractivity contribution >= 4 is 53.3 Å². The molecule has 12 rings (SSSR count). The Morgan fingerprint density at radius 2 is 1.12 bits per heavy atom. The van der Waals surface area contributed by atoms with Crippen molar-refractivity contribution < 1.29 is 6.85 Å². The zero-order valence-corrected chi connectivity index (χ0v) is 32.9. The molecule has 0 saturated heterocycles. The zero-order valence-electron chi connectivity index (χ0n) is 37.1. The Kier molecular flexibility index (Phi) is 6.36. The lowest BCUT2D eigenvalue weighted by Crippen LogP contribution is -2.14. The van der Waals surface area contributed by atoms with E-state index in [4.69, 9.17) is 21.8 Å². The van der Waals surface area contributed by atoms with Gasteiger partial charge < -0.3 is 4.57 Å². The third-order valence-electron chi connectivity index (χ3n) is 11.9. The van der Waals surface area contributed by atoms with Gasteiger partial charge in [0.25, 0.3) is 0 Å². The molecule has 0 bridgehead atoms. The lowest BCUT2D eigenvalue weighted by atomic mass is 9.82. The molecule has 0 spiro atoms. The van der Waals surface area contributed by atoms with E-state index in [1.807, 2.05) is 12.1 Å². The normalized spacial score (nSPS) is 14.2. The van der Waals surface area contributed by atoms with Gasteiger partial charge in [-0.2, -0.15) is 0 Å². The molecular formula is C54H36N4S. The molecule has 1 aliphatic carbocycles. The van der Waals surface area contributed by atoms with Crippen LogP contribution >= 0.6 is 11.3 Å². The highest BCUT2D eigenvalue weighted by Crippen LogP contribution is 2.50. The first-order chi connectivity index (χ1) is 31.1. The van der Waals surface area contributed by atoms with Crippen LogP contribution in [0.1, 0.15) is 31.8 Å². The van der Waals surface area contributed by atoms with Gasteiger partial charge in [0.1, 0.15) is 0 Å². The van der Waals surface area contributed by atoms with Crippen molar-refractivity contribution in [3.63, 3.8) is 0 Å². The van der Waals surface area contributed by atoms with Crippen LogP contribution in [0.5, 0.6) is 0 Å². The van der Waals surface area contributed by atoms with Gasteiger partial charge in [0.15, 0.2) is 17.5 Å². The number of rotatable bonds is 5. The van der Waals surface area contributed by atoms with Crippen LogP contribution in [0, 0.1) is 0 Å². The van der Waals surface area contributed by atoms with Crippen molar-refractivity contribution in [1.29, 1.82) is 0 Å². The molecule has 0 atom stereocenters. The Morgan fingerprint density at radius 1 is 0.475 bits per heavy atom. The van der Waals surface area contributed by atoms with E-state index in [-0.39, 0.29) is 28.9 Å². The minimum absolute atomic E-state index is 0.00104. The molecule has 4 nitrogen and oxygen atoms in total. The van der Waals surface area contributed by atoms with Gasteiger partial charge >= 0.3 is 0 Å². The fraction of sp³-hybridized carbons (Fsp3) is 0.0556. The number of aromatic nitrogens is 4. The number of benzene rings is 8. The average molecular weight is 778 g/mol. The summed E-state index contributed by atoms with van der Waals surface area (Å²) < 4.78 is 48.1. The molecule has 0 amide bonds. The summed E-state index contributed by atoms with van der Waals surface area (Å²) in [7, 11) is 0. The first-order valence-electron chi connectivity index (χ1n) is 22.2. The Morgan fingerprint density at radius 3 is 1.90 bits per heavy atom. The summed E-state index contributed by atoms with van der Waals surface area (Å²) in [6.07, 6.45) is 0. The lowest BCUT2D eigenvalue weighted by molar-refractivity contribution is 0.660. The molecule has 0 radical (unpaired) electrons. The molecule has 0 saturated carbocycles. The van der Waals surface area contributed by atoms with Crippen LogP contribution in [0.25, 0.3) is 104 Å². The first-order valence-corrected chi connectivity index (χ1v) is 20.5. The Labute approximate surface area is 352 Å². The maximum Gasteiger partial charge on any atom is 0.165 e. The second-order valence-corrected chi connectivity index (χ2v) is 16.7. The second kappa shape index (κ2) is 12.9. The first kappa shape index (κ1) is 29.1. The quantitative estimate of drug-likeness (QED) is 0.175. The summed E-state index contributed by atoms with van der Waals surface area (Å²) in [5.74, 6) is 0.663. The van der Waals surface area contributed by atoms with Gasteiger partial charge in [-0.15, -0.1) is 11.3 Å². The summed E-state index contributed by atoms with van der Waals surface area (Å²) in [5.41, 5.74) is 11.1. The topological polar surface area (TPSA) is 43.6 Å². The highest BCUT2D eigenvalue weighted by molar-refractivity contribution is 7.26. The highest BCUT2D eigenvalue weighted by atomic mass is 32.1. The highest BCUT2D eigenvalue weighted by Gasteiger charge is 2.35. The Balaban J connectivity index is 1.18. The number of thiophene rings is 1. The Hall–Kier alpha value is -7.21. The zero-order chi connectivity index (χ0) is 43.6. The molecular weight excluding hydrogens is 737 g/mol. The van der Waals surface area contributed by atoms with Gasteiger partial charge in [0.05, 0.1) is 17.9 Å². The minimum atomic E-state index is -0.478. The summed E-state index contributed by atoms with van der Waals surface area (Å²) in [6, 6.07) is 50.8. The second-order valence-electron chi connectivity index (χ2n) is 15.7. The van der Waals surface area contributed by atoms with E-state index >= 15 is 0 Å².